The first-order valence-corrected chi connectivity index (χ1v) is 9.02. The number of hydrogen-bond acceptors (Lipinski definition) is 6. The number of esters is 2. The zero-order valence-corrected chi connectivity index (χ0v) is 18.2. The van der Waals surface area contributed by atoms with Crippen molar-refractivity contribution >= 4 is 91.4 Å². The van der Waals surface area contributed by atoms with Crippen molar-refractivity contribution in [3.05, 3.63) is 34.1 Å². The second kappa shape index (κ2) is 9.00. The zero-order valence-electron chi connectivity index (χ0n) is 11.8. The third kappa shape index (κ3) is 5.17. The van der Waals surface area contributed by atoms with Gasteiger partial charge < -0.3 is 19.9 Å². The van der Waals surface area contributed by atoms with Gasteiger partial charge in [-0.1, -0.05) is 0 Å². The molecule has 0 aromatic heterocycles. The summed E-state index contributed by atoms with van der Waals surface area (Å²) in [4.78, 5) is 34.6. The number of carbonyl (C=O) groups is 3. The number of nitrogens with one attached hydrogen (secondary N) is 1. The van der Waals surface area contributed by atoms with Gasteiger partial charge in [0, 0.05) is 7.14 Å². The van der Waals surface area contributed by atoms with E-state index in [4.69, 9.17) is 0 Å². The van der Waals surface area contributed by atoms with Gasteiger partial charge in [-0.3, -0.25) is 0 Å². The minimum atomic E-state index is -1.09. The van der Waals surface area contributed by atoms with Gasteiger partial charge >= 0.3 is 17.9 Å². The largest absolute Gasteiger partial charge is 0.478 e. The highest BCUT2D eigenvalue weighted by Gasteiger charge is 2.22. The van der Waals surface area contributed by atoms with E-state index in [2.05, 4.69) is 14.8 Å². The van der Waals surface area contributed by atoms with Crippen LogP contribution in [0, 0.1) is 10.7 Å². The summed E-state index contributed by atoms with van der Waals surface area (Å²) in [7, 11) is 2.34. The molecule has 10 heteroatoms. The first-order chi connectivity index (χ1) is 10.7. The molecule has 1 rings (SSSR count). The highest BCUT2D eigenvalue weighted by atomic mass is 127. The molecule has 7 nitrogen and oxygen atoms in total. The lowest BCUT2D eigenvalue weighted by molar-refractivity contribution is -0.138. The summed E-state index contributed by atoms with van der Waals surface area (Å²) in [6.07, 6.45) is 0.941. The molecular weight excluding hydrogens is 647 g/mol. The van der Waals surface area contributed by atoms with Crippen LogP contribution in [-0.2, 0) is 19.1 Å². The first-order valence-electron chi connectivity index (χ1n) is 5.78. The van der Waals surface area contributed by atoms with Gasteiger partial charge in [-0.15, -0.1) is 0 Å². The van der Waals surface area contributed by atoms with Crippen molar-refractivity contribution in [3.63, 3.8) is 0 Å². The Balaban J connectivity index is 3.42. The Hall–Kier alpha value is -0.640. The molecule has 0 heterocycles. The summed E-state index contributed by atoms with van der Waals surface area (Å²) in [5.41, 5.74) is 0.341. The lowest BCUT2D eigenvalue weighted by Gasteiger charge is -2.15. The predicted octanol–water partition coefficient (Wildman–Crippen LogP) is 2.84. The fourth-order valence-corrected chi connectivity index (χ4v) is 5.57. The van der Waals surface area contributed by atoms with Crippen LogP contribution >= 0.6 is 67.8 Å². The van der Waals surface area contributed by atoms with Crippen LogP contribution < -0.4 is 5.32 Å². The Morgan fingerprint density at radius 1 is 1.13 bits per heavy atom. The van der Waals surface area contributed by atoms with Gasteiger partial charge in [0.05, 0.1) is 35.1 Å². The highest BCUT2D eigenvalue weighted by molar-refractivity contribution is 14.1. The van der Waals surface area contributed by atoms with Crippen molar-refractivity contribution in [2.75, 3.05) is 19.5 Å². The van der Waals surface area contributed by atoms with Crippen molar-refractivity contribution in [2.45, 2.75) is 0 Å². The topological polar surface area (TPSA) is 102 Å². The van der Waals surface area contributed by atoms with Crippen LogP contribution in [0.1, 0.15) is 10.4 Å². The Morgan fingerprint density at radius 2 is 1.74 bits per heavy atom. The number of carboxylic acid groups (broad SMARTS) is 1. The maximum Gasteiger partial charge on any atom is 0.354 e. The van der Waals surface area contributed by atoms with Crippen LogP contribution in [0.15, 0.2) is 17.8 Å². The van der Waals surface area contributed by atoms with Crippen LogP contribution in [0.5, 0.6) is 0 Å². The Bertz CT molecular complexity index is 701. The van der Waals surface area contributed by atoms with Crippen molar-refractivity contribution in [3.8, 4) is 0 Å². The number of hydrogen-bond donors (Lipinski definition) is 2. The molecule has 23 heavy (non-hydrogen) atoms. The van der Waals surface area contributed by atoms with Crippen molar-refractivity contribution < 1.29 is 29.0 Å². The van der Waals surface area contributed by atoms with Crippen molar-refractivity contribution in [1.82, 2.24) is 0 Å². The van der Waals surface area contributed by atoms with E-state index >= 15 is 0 Å². The molecule has 1 aromatic rings. The predicted molar refractivity (Wildman–Crippen MR) is 107 cm³/mol. The maximum atomic E-state index is 11.8. The second-order valence-electron chi connectivity index (χ2n) is 3.91. The van der Waals surface area contributed by atoms with E-state index < -0.39 is 17.9 Å². The Kier molecular flexibility index (Phi) is 7.99. The molecule has 0 radical (unpaired) electrons. The molecule has 0 amide bonds. The van der Waals surface area contributed by atoms with Crippen LogP contribution in [0.4, 0.5) is 5.69 Å². The van der Waals surface area contributed by atoms with Crippen LogP contribution in [0.2, 0.25) is 0 Å². The number of ether oxygens (including phenoxy) is 2. The summed E-state index contributed by atoms with van der Waals surface area (Å²) in [5.74, 6) is -2.61. The molecule has 0 aliphatic carbocycles. The summed E-state index contributed by atoms with van der Waals surface area (Å²) < 4.78 is 10.8. The number of anilines is 1. The van der Waals surface area contributed by atoms with Crippen LogP contribution in [0.3, 0.4) is 0 Å². The van der Waals surface area contributed by atoms with Crippen LogP contribution in [-0.4, -0.2) is 37.2 Å². The third-order valence-electron chi connectivity index (χ3n) is 2.51. The van der Waals surface area contributed by atoms with E-state index in [-0.39, 0.29) is 11.3 Å². The van der Waals surface area contributed by atoms with Crippen LogP contribution in [0.25, 0.3) is 0 Å². The van der Waals surface area contributed by atoms with E-state index in [0.717, 1.165) is 6.08 Å². The average Bonchev–Trinajstić information content (AvgIpc) is 2.48. The minimum Gasteiger partial charge on any atom is -0.478 e. The van der Waals surface area contributed by atoms with Gasteiger partial charge in [-0.2, -0.15) is 0 Å². The molecular formula is C13H10I3NO6. The number of carboxylic acids is 1. The van der Waals surface area contributed by atoms with Crippen molar-refractivity contribution in [2.24, 2.45) is 0 Å². The molecule has 0 saturated carbocycles. The molecule has 0 aliphatic rings. The summed E-state index contributed by atoms with van der Waals surface area (Å²) in [6.45, 7) is 0. The van der Waals surface area contributed by atoms with E-state index in [1.807, 2.05) is 67.8 Å². The van der Waals surface area contributed by atoms with Gasteiger partial charge in [0.2, 0.25) is 0 Å². The lowest BCUT2D eigenvalue weighted by atomic mass is 10.2. The maximum absolute atomic E-state index is 11.8. The number of carbonyl (C=O) groups excluding carboxylic acids is 2. The highest BCUT2D eigenvalue weighted by Crippen LogP contribution is 2.32. The molecule has 2 N–H and O–H groups in total. The fourth-order valence-electron chi connectivity index (χ4n) is 1.47. The number of rotatable bonds is 5. The zero-order chi connectivity index (χ0) is 17.7. The molecule has 0 saturated heterocycles. The molecule has 0 atom stereocenters. The van der Waals surface area contributed by atoms with E-state index in [1.165, 1.54) is 14.2 Å². The van der Waals surface area contributed by atoms with E-state index in [9.17, 15) is 19.5 Å². The molecule has 0 fully saturated rings. The molecule has 1 aromatic carbocycles. The number of halogens is 3. The number of aromatic carboxylic acids is 1. The molecule has 0 unspecified atom stereocenters. The standard InChI is InChI=1S/C13H10I3NO6/c1-22-8(18)4-7(13(21)23-2)17-11-6(15)3-5(14)9(10(11)16)12(19)20/h3-4,17H,1-2H3,(H,19,20)/b7-4+. The number of benzene rings is 1. The lowest BCUT2D eigenvalue weighted by Crippen LogP contribution is -2.18. The first kappa shape index (κ1) is 20.4. The Morgan fingerprint density at radius 3 is 2.22 bits per heavy atom. The average molecular weight is 657 g/mol. The molecule has 0 spiro atoms. The number of methoxy groups -OCH3 is 2. The van der Waals surface area contributed by atoms with Gasteiger partial charge in [-0.25, -0.2) is 14.4 Å². The van der Waals surface area contributed by atoms with Gasteiger partial charge in [-0.05, 0) is 73.8 Å². The van der Waals surface area contributed by atoms with E-state index in [1.54, 1.807) is 6.07 Å². The smallest absolute Gasteiger partial charge is 0.354 e. The second-order valence-corrected chi connectivity index (χ2v) is 7.31. The monoisotopic (exact) mass is 657 g/mol. The normalized spacial score (nSPS) is 10.9. The van der Waals surface area contributed by atoms with Gasteiger partial charge in [0.15, 0.2) is 0 Å². The minimum absolute atomic E-state index is 0.108. The van der Waals surface area contributed by atoms with Crippen molar-refractivity contribution in [1.29, 1.82) is 0 Å². The molecule has 0 aliphatic heterocycles. The SMILES string of the molecule is COC(=O)/C=C(/Nc1c(I)cc(I)c(C(=O)O)c1I)C(=O)OC. The summed E-state index contributed by atoms with van der Waals surface area (Å²) in [5, 5.41) is 12.1. The Labute approximate surface area is 172 Å². The van der Waals surface area contributed by atoms with Gasteiger partial charge in [0.25, 0.3) is 0 Å². The fraction of sp³-hybridized carbons (Fsp3) is 0.154. The van der Waals surface area contributed by atoms with E-state index in [0.29, 0.717) is 16.4 Å². The summed E-state index contributed by atoms with van der Waals surface area (Å²) in [6, 6.07) is 1.65. The summed E-state index contributed by atoms with van der Waals surface area (Å²) >= 11 is 5.80. The van der Waals surface area contributed by atoms with Gasteiger partial charge in [0.1, 0.15) is 5.70 Å². The molecule has 124 valence electrons. The third-order valence-corrected chi connectivity index (χ3v) is 5.29. The quantitative estimate of drug-likeness (QED) is 0.286. The molecule has 0 bridgehead atoms.